The summed E-state index contributed by atoms with van der Waals surface area (Å²) in [5.74, 6) is -0.565. The van der Waals surface area contributed by atoms with Crippen LogP contribution in [0.2, 0.25) is 0 Å². The summed E-state index contributed by atoms with van der Waals surface area (Å²) in [6.45, 7) is 2.73. The predicted molar refractivity (Wildman–Crippen MR) is 144 cm³/mol. The maximum absolute atomic E-state index is 13.1. The second-order valence-corrected chi connectivity index (χ2v) is 11.4. The lowest BCUT2D eigenvalue weighted by Crippen LogP contribution is -2.37. The molecule has 41 heavy (non-hydrogen) atoms. The summed E-state index contributed by atoms with van der Waals surface area (Å²) in [7, 11) is -4.73. The van der Waals surface area contributed by atoms with Crippen LogP contribution < -0.4 is 5.32 Å². The van der Waals surface area contributed by atoms with Crippen LogP contribution in [0.15, 0.2) is 48.8 Å². The Morgan fingerprint density at radius 2 is 1.85 bits per heavy atom. The van der Waals surface area contributed by atoms with E-state index in [-0.39, 0.29) is 17.3 Å². The van der Waals surface area contributed by atoms with E-state index >= 15 is 0 Å². The van der Waals surface area contributed by atoms with Gasteiger partial charge in [0.25, 0.3) is 6.43 Å². The molecule has 0 radical (unpaired) electrons. The number of nitrogens with one attached hydrogen (secondary N) is 1. The van der Waals surface area contributed by atoms with Crippen molar-refractivity contribution in [1.29, 1.82) is 0 Å². The highest BCUT2D eigenvalue weighted by Gasteiger charge is 2.39. The Kier molecular flexibility index (Phi) is 9.45. The molecule has 3 aromatic rings. The SMILES string of the molecule is Cc1cc(Nc2cc(C(F)F)ccn2)nc(-c2ccc([C@](C)(O)[C@H]3CC[C@H](C(=O)OCOP(=O)(O)O)CC3)nc2)c1. The standard InChI is InChI=1S/C27H31F2N4O7P/c1-16-11-21(32-24(12-16)33-23-13-18(25(28)29)9-10-30-23)19-5-8-22(31-14-19)27(2,35)20-6-3-17(4-7-20)26(34)39-15-40-41(36,37)38/h5,8-14,17,20,25,35H,3-4,6-7,15H2,1-2H3,(H,30,32,33)(H2,36,37,38)/t17-,20-,27-/m1/s1. The molecular formula is C27H31F2N4O7P. The normalized spacial score (nSPS) is 19.0. The number of esters is 1. The Hall–Kier alpha value is -3.35. The van der Waals surface area contributed by atoms with Gasteiger partial charge in [0.2, 0.25) is 6.79 Å². The molecule has 0 bridgehead atoms. The van der Waals surface area contributed by atoms with Crippen molar-refractivity contribution in [3.8, 4) is 11.3 Å². The van der Waals surface area contributed by atoms with Crippen LogP contribution in [0, 0.1) is 18.8 Å². The first-order valence-electron chi connectivity index (χ1n) is 12.9. The summed E-state index contributed by atoms with van der Waals surface area (Å²) in [6, 6.07) is 9.66. The number of ether oxygens (including phenoxy) is 1. The molecule has 1 fully saturated rings. The molecule has 1 aliphatic rings. The Labute approximate surface area is 235 Å². The number of carbonyl (C=O) groups excluding carboxylic acids is 1. The van der Waals surface area contributed by atoms with Crippen molar-refractivity contribution in [3.05, 3.63) is 65.6 Å². The number of pyridine rings is 3. The molecule has 0 aliphatic heterocycles. The molecule has 11 nitrogen and oxygen atoms in total. The number of hydrogen-bond acceptors (Lipinski definition) is 9. The van der Waals surface area contributed by atoms with Gasteiger partial charge in [-0.05, 0) is 87.4 Å². The van der Waals surface area contributed by atoms with Crippen molar-refractivity contribution in [2.45, 2.75) is 51.6 Å². The quantitative estimate of drug-likeness (QED) is 0.140. The van der Waals surface area contributed by atoms with Crippen molar-refractivity contribution in [2.75, 3.05) is 12.1 Å². The molecule has 0 aromatic carbocycles. The van der Waals surface area contributed by atoms with Gasteiger partial charge in [0.1, 0.15) is 17.2 Å². The van der Waals surface area contributed by atoms with Crippen molar-refractivity contribution in [2.24, 2.45) is 11.8 Å². The summed E-state index contributed by atoms with van der Waals surface area (Å²) < 4.78 is 45.8. The number of hydrogen-bond donors (Lipinski definition) is 4. The topological polar surface area (TPSA) is 164 Å². The number of carbonyl (C=O) groups is 1. The van der Waals surface area contributed by atoms with Gasteiger partial charge in [-0.15, -0.1) is 0 Å². The fraction of sp³-hybridized carbons (Fsp3) is 0.407. The van der Waals surface area contributed by atoms with Crippen molar-refractivity contribution in [3.63, 3.8) is 0 Å². The zero-order valence-corrected chi connectivity index (χ0v) is 23.3. The first-order chi connectivity index (χ1) is 19.3. The van der Waals surface area contributed by atoms with Gasteiger partial charge >= 0.3 is 13.8 Å². The largest absolute Gasteiger partial charge is 0.472 e. The second-order valence-electron chi connectivity index (χ2n) is 10.1. The van der Waals surface area contributed by atoms with E-state index < -0.39 is 38.5 Å². The molecule has 14 heteroatoms. The smallest absolute Gasteiger partial charge is 0.438 e. The molecule has 3 aromatic heterocycles. The first-order valence-corrected chi connectivity index (χ1v) is 14.4. The zero-order valence-electron chi connectivity index (χ0n) is 22.4. The number of phosphoric acid groups is 1. The third-order valence-electron chi connectivity index (χ3n) is 7.12. The van der Waals surface area contributed by atoms with Crippen LogP contribution in [-0.4, -0.2) is 42.6 Å². The maximum atomic E-state index is 13.1. The molecule has 1 atom stereocenters. The minimum atomic E-state index is -4.73. The monoisotopic (exact) mass is 592 g/mol. The number of rotatable bonds is 10. The molecule has 4 rings (SSSR count). The van der Waals surface area contributed by atoms with Crippen LogP contribution in [0.1, 0.15) is 55.9 Å². The Bertz CT molecular complexity index is 1410. The Morgan fingerprint density at radius 3 is 2.49 bits per heavy atom. The fourth-order valence-corrected chi connectivity index (χ4v) is 5.07. The average molecular weight is 593 g/mol. The van der Waals surface area contributed by atoms with E-state index in [9.17, 15) is 23.2 Å². The summed E-state index contributed by atoms with van der Waals surface area (Å²) in [5.41, 5.74) is 1.20. The third-order valence-corrected chi connectivity index (χ3v) is 7.56. The molecule has 0 amide bonds. The number of halogens is 2. The average Bonchev–Trinajstić information content (AvgIpc) is 2.92. The molecule has 0 saturated heterocycles. The van der Waals surface area contributed by atoms with Crippen molar-refractivity contribution >= 4 is 25.4 Å². The van der Waals surface area contributed by atoms with Crippen LogP contribution >= 0.6 is 7.82 Å². The van der Waals surface area contributed by atoms with Crippen molar-refractivity contribution in [1.82, 2.24) is 15.0 Å². The van der Waals surface area contributed by atoms with Crippen LogP contribution in [0.25, 0.3) is 11.3 Å². The Morgan fingerprint density at radius 1 is 1.12 bits per heavy atom. The first kappa shape index (κ1) is 30.6. The van der Waals surface area contributed by atoms with Crippen LogP contribution in [0.3, 0.4) is 0 Å². The van der Waals surface area contributed by atoms with E-state index in [1.165, 1.54) is 18.3 Å². The summed E-state index contributed by atoms with van der Waals surface area (Å²) in [6.07, 6.45) is 2.20. The van der Waals surface area contributed by atoms with Gasteiger partial charge in [0, 0.05) is 23.5 Å². The summed E-state index contributed by atoms with van der Waals surface area (Å²) >= 11 is 0. The summed E-state index contributed by atoms with van der Waals surface area (Å²) in [5, 5.41) is 14.3. The number of phosphoric ester groups is 1. The highest BCUT2D eigenvalue weighted by molar-refractivity contribution is 7.46. The van der Waals surface area contributed by atoms with Gasteiger partial charge in [-0.1, -0.05) is 0 Å². The Balaban J connectivity index is 1.40. The number of nitrogens with zero attached hydrogens (tertiary/aromatic N) is 3. The van der Waals surface area contributed by atoms with E-state index in [2.05, 4.69) is 24.8 Å². The molecule has 0 unspecified atom stereocenters. The number of aromatic nitrogens is 3. The predicted octanol–water partition coefficient (Wildman–Crippen LogP) is 5.15. The molecule has 4 N–H and O–H groups in total. The van der Waals surface area contributed by atoms with E-state index in [0.717, 1.165) is 5.56 Å². The van der Waals surface area contributed by atoms with Gasteiger partial charge in [-0.2, -0.15) is 0 Å². The molecule has 1 aliphatic carbocycles. The minimum Gasteiger partial charge on any atom is -0.438 e. The third kappa shape index (κ3) is 8.11. The lowest BCUT2D eigenvalue weighted by molar-refractivity contribution is -0.158. The molecular weight excluding hydrogens is 561 g/mol. The van der Waals surface area contributed by atoms with Gasteiger partial charge in [0.15, 0.2) is 0 Å². The van der Waals surface area contributed by atoms with Crippen LogP contribution in [0.4, 0.5) is 20.4 Å². The van der Waals surface area contributed by atoms with Crippen molar-refractivity contribution < 1.29 is 42.3 Å². The van der Waals surface area contributed by atoms with Gasteiger partial charge in [0.05, 0.1) is 17.3 Å². The lowest BCUT2D eigenvalue weighted by atomic mass is 9.73. The van der Waals surface area contributed by atoms with Crippen LogP contribution in [-0.2, 0) is 24.2 Å². The zero-order chi connectivity index (χ0) is 29.8. The van der Waals surface area contributed by atoms with E-state index in [4.69, 9.17) is 14.5 Å². The van der Waals surface area contributed by atoms with Gasteiger partial charge in [-0.25, -0.2) is 27.8 Å². The molecule has 220 valence electrons. The van der Waals surface area contributed by atoms with E-state index in [0.29, 0.717) is 48.5 Å². The lowest BCUT2D eigenvalue weighted by Gasteiger charge is -2.37. The van der Waals surface area contributed by atoms with E-state index in [1.54, 1.807) is 31.3 Å². The molecule has 0 spiro atoms. The van der Waals surface area contributed by atoms with Gasteiger partial charge < -0.3 is 24.9 Å². The highest BCUT2D eigenvalue weighted by atomic mass is 31.2. The number of aryl methyl sites for hydroxylation is 1. The maximum Gasteiger partial charge on any atom is 0.472 e. The second kappa shape index (κ2) is 12.7. The minimum absolute atomic E-state index is 0.150. The fourth-order valence-electron chi connectivity index (χ4n) is 4.88. The molecule has 1 saturated carbocycles. The number of anilines is 2. The van der Waals surface area contributed by atoms with E-state index in [1.807, 2.05) is 13.0 Å². The van der Waals surface area contributed by atoms with Gasteiger partial charge in [-0.3, -0.25) is 9.78 Å². The molecule has 3 heterocycles. The highest BCUT2D eigenvalue weighted by Crippen LogP contribution is 2.41. The summed E-state index contributed by atoms with van der Waals surface area (Å²) in [4.78, 5) is 42.8. The van der Waals surface area contributed by atoms with Crippen LogP contribution in [0.5, 0.6) is 0 Å². The number of alkyl halides is 2. The number of aliphatic hydroxyl groups is 1.